The van der Waals surface area contributed by atoms with E-state index in [1.165, 1.54) is 33.2 Å². The van der Waals surface area contributed by atoms with E-state index in [0.29, 0.717) is 0 Å². The molecule has 0 aliphatic carbocycles. The van der Waals surface area contributed by atoms with Crippen LogP contribution in [0.5, 0.6) is 0 Å². The molecule has 1 heterocycles. The molecule has 0 radical (unpaired) electrons. The molecule has 10 aromatic rings. The summed E-state index contributed by atoms with van der Waals surface area (Å²) in [6.07, 6.45) is 0. The fourth-order valence-corrected chi connectivity index (χ4v) is 7.77. The first kappa shape index (κ1) is 31.6. The lowest BCUT2D eigenvalue weighted by Crippen LogP contribution is -2.10. The molecule has 0 saturated heterocycles. The van der Waals surface area contributed by atoms with Crippen molar-refractivity contribution in [3.05, 3.63) is 212 Å². The van der Waals surface area contributed by atoms with Crippen LogP contribution in [0.4, 0.5) is 17.1 Å². The van der Waals surface area contributed by atoms with E-state index in [2.05, 4.69) is 217 Å². The number of benzene rings is 9. The summed E-state index contributed by atoms with van der Waals surface area (Å²) in [4.78, 5) is 2.34. The molecule has 2 heteroatoms. The number of hydrogen-bond donors (Lipinski definition) is 0. The van der Waals surface area contributed by atoms with Crippen molar-refractivity contribution in [3.63, 3.8) is 0 Å². The maximum absolute atomic E-state index is 6.93. The Bertz CT molecular complexity index is 2800. The molecule has 254 valence electrons. The highest BCUT2D eigenvalue weighted by Crippen LogP contribution is 2.47. The summed E-state index contributed by atoms with van der Waals surface area (Å²) in [5.74, 6) is 0. The summed E-state index contributed by atoms with van der Waals surface area (Å²) in [7, 11) is 0. The van der Waals surface area contributed by atoms with Crippen LogP contribution in [0, 0.1) is 0 Å². The zero-order chi connectivity index (χ0) is 35.8. The Morgan fingerprint density at radius 3 is 1.31 bits per heavy atom. The van der Waals surface area contributed by atoms with Crippen molar-refractivity contribution in [1.82, 2.24) is 0 Å². The lowest BCUT2D eigenvalue weighted by molar-refractivity contribution is 0.670. The first-order chi connectivity index (χ1) is 26.8. The van der Waals surface area contributed by atoms with Gasteiger partial charge in [0, 0.05) is 22.3 Å². The molecule has 0 N–H and O–H groups in total. The molecule has 0 aliphatic heterocycles. The number of anilines is 3. The van der Waals surface area contributed by atoms with Gasteiger partial charge >= 0.3 is 0 Å². The molecule has 0 aliphatic rings. The van der Waals surface area contributed by atoms with Crippen LogP contribution in [0.25, 0.3) is 77.2 Å². The Labute approximate surface area is 314 Å². The molecular formula is C52H35NO. The summed E-state index contributed by atoms with van der Waals surface area (Å²) in [6.45, 7) is 0. The summed E-state index contributed by atoms with van der Waals surface area (Å²) in [5.41, 5.74) is 14.3. The summed E-state index contributed by atoms with van der Waals surface area (Å²) >= 11 is 0. The summed E-state index contributed by atoms with van der Waals surface area (Å²) in [5, 5.41) is 4.53. The van der Waals surface area contributed by atoms with Crippen LogP contribution >= 0.6 is 0 Å². The zero-order valence-corrected chi connectivity index (χ0v) is 29.6. The van der Waals surface area contributed by atoms with E-state index in [1.807, 2.05) is 0 Å². The quantitative estimate of drug-likeness (QED) is 0.166. The van der Waals surface area contributed by atoms with Crippen LogP contribution in [0.15, 0.2) is 217 Å². The van der Waals surface area contributed by atoms with Gasteiger partial charge in [-0.15, -0.1) is 0 Å². The number of hydrogen-bond acceptors (Lipinski definition) is 2. The number of nitrogens with zero attached hydrogens (tertiary/aromatic N) is 1. The first-order valence-electron chi connectivity index (χ1n) is 18.4. The van der Waals surface area contributed by atoms with E-state index in [0.717, 1.165) is 61.1 Å². The molecule has 10 rings (SSSR count). The van der Waals surface area contributed by atoms with Crippen LogP contribution in [0.2, 0.25) is 0 Å². The minimum atomic E-state index is 0.875. The van der Waals surface area contributed by atoms with Gasteiger partial charge in [0.2, 0.25) is 0 Å². The smallest absolute Gasteiger partial charge is 0.145 e. The third-order valence-electron chi connectivity index (χ3n) is 10.4. The molecule has 0 spiro atoms. The molecule has 0 unspecified atom stereocenters. The number of furan rings is 1. The molecule has 1 aromatic heterocycles. The van der Waals surface area contributed by atoms with Gasteiger partial charge in [0.1, 0.15) is 11.2 Å². The number of fused-ring (bicyclic) bond motifs is 4. The molecule has 0 atom stereocenters. The molecule has 0 saturated carbocycles. The van der Waals surface area contributed by atoms with Crippen molar-refractivity contribution < 1.29 is 4.42 Å². The molecule has 54 heavy (non-hydrogen) atoms. The maximum atomic E-state index is 6.93. The van der Waals surface area contributed by atoms with Gasteiger partial charge in [-0.25, -0.2) is 0 Å². The van der Waals surface area contributed by atoms with Gasteiger partial charge < -0.3 is 9.32 Å². The topological polar surface area (TPSA) is 16.4 Å². The molecule has 0 bridgehead atoms. The largest absolute Gasteiger partial charge is 0.455 e. The minimum absolute atomic E-state index is 0.875. The Kier molecular flexibility index (Phi) is 7.85. The fraction of sp³-hybridized carbons (Fsp3) is 0. The SMILES string of the molecule is c1ccc(-c2cc(-c3ccccc3)cc(-c3ccc(-c4ccc(N(c5ccccc5)c5ccccc5)c5c4oc4cc6ccccc6cc45)cc3)c2)cc1. The lowest BCUT2D eigenvalue weighted by atomic mass is 9.92. The van der Waals surface area contributed by atoms with Gasteiger partial charge in [0.05, 0.1) is 11.1 Å². The van der Waals surface area contributed by atoms with E-state index in [-0.39, 0.29) is 0 Å². The van der Waals surface area contributed by atoms with Crippen molar-refractivity contribution in [2.24, 2.45) is 0 Å². The van der Waals surface area contributed by atoms with Crippen LogP contribution < -0.4 is 4.90 Å². The van der Waals surface area contributed by atoms with Gasteiger partial charge in [-0.05, 0) is 116 Å². The standard InChI is InChI=1S/C52H35NO/c1-5-15-36(16-6-1)42-31-43(37-17-7-2-8-18-37)33-44(32-42)38-25-27-39(28-26-38)47-29-30-49(53(45-21-9-3-10-22-45)46-23-11-4-12-24-46)51-48-34-40-19-13-14-20-41(40)35-50(48)54-52(47)51/h1-35H. The van der Waals surface area contributed by atoms with Crippen LogP contribution in [-0.2, 0) is 0 Å². The normalized spacial score (nSPS) is 11.3. The van der Waals surface area contributed by atoms with Crippen LogP contribution in [0.3, 0.4) is 0 Å². The van der Waals surface area contributed by atoms with Gasteiger partial charge in [-0.1, -0.05) is 146 Å². The number of para-hydroxylation sites is 2. The number of rotatable bonds is 7. The van der Waals surface area contributed by atoms with Gasteiger partial charge in [0.15, 0.2) is 0 Å². The van der Waals surface area contributed by atoms with E-state index >= 15 is 0 Å². The first-order valence-corrected chi connectivity index (χ1v) is 18.4. The van der Waals surface area contributed by atoms with Crippen molar-refractivity contribution in [1.29, 1.82) is 0 Å². The molecule has 0 amide bonds. The van der Waals surface area contributed by atoms with Crippen LogP contribution in [0.1, 0.15) is 0 Å². The highest BCUT2D eigenvalue weighted by atomic mass is 16.3. The van der Waals surface area contributed by atoms with Gasteiger partial charge in [0.25, 0.3) is 0 Å². The highest BCUT2D eigenvalue weighted by Gasteiger charge is 2.22. The molecule has 9 aromatic carbocycles. The van der Waals surface area contributed by atoms with Crippen molar-refractivity contribution in [2.45, 2.75) is 0 Å². The Morgan fingerprint density at radius 2 is 0.778 bits per heavy atom. The van der Waals surface area contributed by atoms with Crippen molar-refractivity contribution in [2.75, 3.05) is 4.90 Å². The average Bonchev–Trinajstić information content (AvgIpc) is 3.63. The van der Waals surface area contributed by atoms with Crippen LogP contribution in [-0.4, -0.2) is 0 Å². The maximum Gasteiger partial charge on any atom is 0.145 e. The Balaban J connectivity index is 1.15. The van der Waals surface area contributed by atoms with E-state index in [4.69, 9.17) is 4.42 Å². The zero-order valence-electron chi connectivity index (χ0n) is 29.6. The second kappa shape index (κ2) is 13.4. The van der Waals surface area contributed by atoms with E-state index in [9.17, 15) is 0 Å². The van der Waals surface area contributed by atoms with E-state index in [1.54, 1.807) is 0 Å². The predicted octanol–water partition coefficient (Wildman–Crippen LogP) is 14.9. The second-order valence-electron chi connectivity index (χ2n) is 13.7. The van der Waals surface area contributed by atoms with Crippen molar-refractivity contribution in [3.8, 4) is 44.5 Å². The third-order valence-corrected chi connectivity index (χ3v) is 10.4. The second-order valence-corrected chi connectivity index (χ2v) is 13.7. The monoisotopic (exact) mass is 689 g/mol. The highest BCUT2D eigenvalue weighted by molar-refractivity contribution is 6.19. The molecular weight excluding hydrogens is 655 g/mol. The Hall–Kier alpha value is -7.16. The Morgan fingerprint density at radius 1 is 0.333 bits per heavy atom. The van der Waals surface area contributed by atoms with Gasteiger partial charge in [-0.2, -0.15) is 0 Å². The third kappa shape index (κ3) is 5.71. The van der Waals surface area contributed by atoms with Gasteiger partial charge in [-0.3, -0.25) is 0 Å². The van der Waals surface area contributed by atoms with E-state index < -0.39 is 0 Å². The van der Waals surface area contributed by atoms with Crippen molar-refractivity contribution >= 4 is 49.8 Å². The fourth-order valence-electron chi connectivity index (χ4n) is 7.77. The summed E-state index contributed by atoms with van der Waals surface area (Å²) in [6, 6.07) is 75.7. The average molecular weight is 690 g/mol. The minimum Gasteiger partial charge on any atom is -0.455 e. The molecule has 0 fully saturated rings. The predicted molar refractivity (Wildman–Crippen MR) is 228 cm³/mol. The lowest BCUT2D eigenvalue weighted by Gasteiger charge is -2.26. The summed E-state index contributed by atoms with van der Waals surface area (Å²) < 4.78 is 6.93. The molecule has 2 nitrogen and oxygen atoms in total.